The van der Waals surface area contributed by atoms with Crippen LogP contribution in [0.1, 0.15) is 40.3 Å². The Morgan fingerprint density at radius 2 is 2.07 bits per heavy atom. The zero-order chi connectivity index (χ0) is 22.1. The monoisotopic (exact) mass is 498 g/mol. The number of alkyl halides is 3. The van der Waals surface area contributed by atoms with E-state index in [0.29, 0.717) is 11.4 Å². The third kappa shape index (κ3) is 4.77. The van der Waals surface area contributed by atoms with E-state index >= 15 is 0 Å². The Bertz CT molecular complexity index is 1140. The predicted octanol–water partition coefficient (Wildman–Crippen LogP) is 4.46. The van der Waals surface area contributed by atoms with Crippen molar-refractivity contribution in [3.63, 3.8) is 0 Å². The van der Waals surface area contributed by atoms with Gasteiger partial charge in [-0.15, -0.1) is 5.10 Å². The van der Waals surface area contributed by atoms with E-state index in [9.17, 15) is 18.0 Å². The van der Waals surface area contributed by atoms with Crippen molar-refractivity contribution in [1.29, 1.82) is 5.26 Å². The number of nitrogens with zero attached hydrogens (tertiary/aromatic N) is 5. The maximum atomic E-state index is 13.0. The lowest BCUT2D eigenvalue weighted by molar-refractivity contribution is -0.137. The second-order valence-corrected chi connectivity index (χ2v) is 7.23. The fourth-order valence-corrected chi connectivity index (χ4v) is 3.12. The lowest BCUT2D eigenvalue weighted by Crippen LogP contribution is -2.27. The van der Waals surface area contributed by atoms with Crippen LogP contribution in [0, 0.1) is 11.3 Å². The molecule has 3 rings (SSSR count). The topological polar surface area (TPSA) is 96.5 Å². The first kappa shape index (κ1) is 21.7. The molecule has 0 radical (unpaired) electrons. The van der Waals surface area contributed by atoms with Crippen LogP contribution in [0.4, 0.5) is 13.2 Å². The molecule has 0 aliphatic carbocycles. The van der Waals surface area contributed by atoms with Crippen LogP contribution < -0.4 is 5.32 Å². The standard InChI is InChI=1S/C18H11BrClF3N6O/c1-9(26-16(30)11-4-12(18(21,22)23)6-13(20)5-11)15-27-17(19)29(28-15)14-3-2-10(7-24)8-25-14/h2-6,8-9H,1H3,(H,26,30). The first-order valence-electron chi connectivity index (χ1n) is 8.26. The number of aromatic nitrogens is 4. The highest BCUT2D eigenvalue weighted by atomic mass is 79.9. The molecule has 0 bridgehead atoms. The molecular weight excluding hydrogens is 489 g/mol. The van der Waals surface area contributed by atoms with Gasteiger partial charge in [0.05, 0.1) is 17.2 Å². The summed E-state index contributed by atoms with van der Waals surface area (Å²) in [5.41, 5.74) is -0.894. The number of nitriles is 1. The van der Waals surface area contributed by atoms with Gasteiger partial charge in [-0.25, -0.2) is 9.97 Å². The van der Waals surface area contributed by atoms with Crippen molar-refractivity contribution < 1.29 is 18.0 Å². The summed E-state index contributed by atoms with van der Waals surface area (Å²) in [6.07, 6.45) is -3.27. The number of halogens is 5. The van der Waals surface area contributed by atoms with Gasteiger partial charge in [-0.1, -0.05) is 11.6 Å². The molecule has 1 unspecified atom stereocenters. The normalized spacial score (nSPS) is 12.3. The number of hydrogen-bond donors (Lipinski definition) is 1. The Balaban J connectivity index is 1.81. The molecule has 1 atom stereocenters. The maximum Gasteiger partial charge on any atom is 0.416 e. The number of hydrogen-bond acceptors (Lipinski definition) is 5. The zero-order valence-electron chi connectivity index (χ0n) is 15.1. The van der Waals surface area contributed by atoms with Gasteiger partial charge in [-0.3, -0.25) is 4.79 Å². The molecule has 2 heterocycles. The van der Waals surface area contributed by atoms with Gasteiger partial charge in [-0.05, 0) is 53.2 Å². The van der Waals surface area contributed by atoms with Crippen LogP contribution in [-0.4, -0.2) is 25.7 Å². The van der Waals surface area contributed by atoms with Gasteiger partial charge in [0.1, 0.15) is 6.07 Å². The van der Waals surface area contributed by atoms with E-state index in [1.807, 2.05) is 6.07 Å². The lowest BCUT2D eigenvalue weighted by Gasteiger charge is -2.13. The minimum absolute atomic E-state index is 0.194. The first-order valence-corrected chi connectivity index (χ1v) is 9.43. The Kier molecular flexibility index (Phi) is 6.09. The number of pyridine rings is 1. The molecule has 154 valence electrons. The molecule has 12 heteroatoms. The molecule has 0 aliphatic rings. The SMILES string of the molecule is CC(NC(=O)c1cc(Cl)cc(C(F)(F)F)c1)c1nc(Br)n(-c2ccc(C#N)cn2)n1. The third-order valence-electron chi connectivity index (χ3n) is 3.90. The summed E-state index contributed by atoms with van der Waals surface area (Å²) in [5, 5.41) is 15.4. The van der Waals surface area contributed by atoms with Crippen molar-refractivity contribution in [1.82, 2.24) is 25.1 Å². The molecule has 0 fully saturated rings. The zero-order valence-corrected chi connectivity index (χ0v) is 17.4. The van der Waals surface area contributed by atoms with Crippen molar-refractivity contribution in [2.45, 2.75) is 19.1 Å². The van der Waals surface area contributed by atoms with Gasteiger partial charge < -0.3 is 5.32 Å². The number of amides is 1. The van der Waals surface area contributed by atoms with Crippen molar-refractivity contribution >= 4 is 33.4 Å². The third-order valence-corrected chi connectivity index (χ3v) is 4.63. The number of carbonyl (C=O) groups is 1. The Hall–Kier alpha value is -2.97. The molecule has 1 N–H and O–H groups in total. The van der Waals surface area contributed by atoms with Crippen molar-refractivity contribution in [3.8, 4) is 11.9 Å². The molecule has 0 saturated carbocycles. The second kappa shape index (κ2) is 8.41. The average Bonchev–Trinajstić information content (AvgIpc) is 3.08. The minimum Gasteiger partial charge on any atom is -0.342 e. The van der Waals surface area contributed by atoms with Gasteiger partial charge in [0.2, 0.25) is 4.73 Å². The minimum atomic E-state index is -4.63. The summed E-state index contributed by atoms with van der Waals surface area (Å²) >= 11 is 8.96. The quantitative estimate of drug-likeness (QED) is 0.572. The van der Waals surface area contributed by atoms with Crippen LogP contribution in [-0.2, 0) is 6.18 Å². The number of nitrogens with one attached hydrogen (secondary N) is 1. The van der Waals surface area contributed by atoms with Gasteiger partial charge in [-0.2, -0.15) is 23.1 Å². The summed E-state index contributed by atoms with van der Waals surface area (Å²) < 4.78 is 40.5. The van der Waals surface area contributed by atoms with Crippen LogP contribution in [0.2, 0.25) is 5.02 Å². The molecule has 0 aliphatic heterocycles. The Labute approximate surface area is 181 Å². The molecular formula is C18H11BrClF3N6O. The van der Waals surface area contributed by atoms with Crippen molar-refractivity contribution in [2.24, 2.45) is 0 Å². The second-order valence-electron chi connectivity index (χ2n) is 6.09. The molecule has 0 spiro atoms. The highest BCUT2D eigenvalue weighted by Crippen LogP contribution is 2.32. The van der Waals surface area contributed by atoms with Gasteiger partial charge in [0.25, 0.3) is 5.91 Å². The van der Waals surface area contributed by atoms with Crippen LogP contribution in [0.25, 0.3) is 5.82 Å². The van der Waals surface area contributed by atoms with E-state index < -0.39 is 23.7 Å². The Morgan fingerprint density at radius 3 is 2.67 bits per heavy atom. The molecule has 1 amide bonds. The average molecular weight is 500 g/mol. The summed E-state index contributed by atoms with van der Waals surface area (Å²) in [6.45, 7) is 1.57. The summed E-state index contributed by atoms with van der Waals surface area (Å²) in [5.74, 6) is -0.193. The molecule has 30 heavy (non-hydrogen) atoms. The number of carbonyl (C=O) groups excluding carboxylic acids is 1. The van der Waals surface area contributed by atoms with Crippen LogP contribution in [0.5, 0.6) is 0 Å². The van der Waals surface area contributed by atoms with Gasteiger partial charge in [0, 0.05) is 16.8 Å². The smallest absolute Gasteiger partial charge is 0.342 e. The molecule has 1 aromatic carbocycles. The Morgan fingerprint density at radius 1 is 1.33 bits per heavy atom. The maximum absolute atomic E-state index is 13.0. The van der Waals surface area contributed by atoms with E-state index in [0.717, 1.165) is 18.2 Å². The van der Waals surface area contributed by atoms with Crippen LogP contribution in [0.15, 0.2) is 41.3 Å². The number of rotatable bonds is 4. The lowest BCUT2D eigenvalue weighted by atomic mass is 10.1. The van der Waals surface area contributed by atoms with Crippen LogP contribution in [0.3, 0.4) is 0 Å². The largest absolute Gasteiger partial charge is 0.416 e. The van der Waals surface area contributed by atoms with E-state index in [4.69, 9.17) is 16.9 Å². The molecule has 3 aromatic rings. The summed E-state index contributed by atoms with van der Waals surface area (Å²) in [6, 6.07) is 6.94. The fraction of sp³-hybridized carbons (Fsp3) is 0.167. The summed E-state index contributed by atoms with van der Waals surface area (Å²) in [4.78, 5) is 20.7. The molecule has 0 saturated heterocycles. The molecule has 7 nitrogen and oxygen atoms in total. The van der Waals surface area contributed by atoms with E-state index in [-0.39, 0.29) is 21.1 Å². The predicted molar refractivity (Wildman–Crippen MR) is 104 cm³/mol. The van der Waals surface area contributed by atoms with E-state index in [1.54, 1.807) is 19.1 Å². The van der Waals surface area contributed by atoms with Crippen molar-refractivity contribution in [2.75, 3.05) is 0 Å². The van der Waals surface area contributed by atoms with E-state index in [2.05, 4.69) is 36.3 Å². The fourth-order valence-electron chi connectivity index (χ4n) is 2.44. The first-order chi connectivity index (χ1) is 14.1. The molecule has 2 aromatic heterocycles. The van der Waals surface area contributed by atoms with Gasteiger partial charge in [0.15, 0.2) is 11.6 Å². The van der Waals surface area contributed by atoms with Crippen LogP contribution >= 0.6 is 27.5 Å². The number of benzene rings is 1. The van der Waals surface area contributed by atoms with Crippen molar-refractivity contribution in [3.05, 3.63) is 68.8 Å². The summed E-state index contributed by atoms with van der Waals surface area (Å²) in [7, 11) is 0. The highest BCUT2D eigenvalue weighted by Gasteiger charge is 2.32. The van der Waals surface area contributed by atoms with Gasteiger partial charge >= 0.3 is 6.18 Å². The highest BCUT2D eigenvalue weighted by molar-refractivity contribution is 9.10. The van der Waals surface area contributed by atoms with E-state index in [1.165, 1.54) is 10.9 Å².